The van der Waals surface area contributed by atoms with E-state index in [1.165, 1.54) is 0 Å². The van der Waals surface area contributed by atoms with E-state index in [2.05, 4.69) is 9.56 Å². The Hall–Kier alpha value is -0.950. The van der Waals surface area contributed by atoms with Crippen molar-refractivity contribution in [1.82, 2.24) is 4.72 Å². The molecule has 3 N–H and O–H groups in total. The molecule has 0 bridgehead atoms. The lowest BCUT2D eigenvalue weighted by Gasteiger charge is -2.24. The predicted octanol–water partition coefficient (Wildman–Crippen LogP) is 1.25. The molecule has 0 saturated carbocycles. The second-order valence-corrected chi connectivity index (χ2v) is 6.73. The van der Waals surface area contributed by atoms with Crippen LogP contribution in [0.4, 0.5) is 0 Å². The Morgan fingerprint density at radius 3 is 2.39 bits per heavy atom. The van der Waals surface area contributed by atoms with Crippen LogP contribution >= 0.6 is 0 Å². The number of benzene rings is 1. The van der Waals surface area contributed by atoms with Gasteiger partial charge in [0.25, 0.3) is 0 Å². The highest BCUT2D eigenvalue weighted by atomic mass is 32.2. The fourth-order valence-electron chi connectivity index (χ4n) is 1.54. The van der Waals surface area contributed by atoms with Crippen LogP contribution in [0.1, 0.15) is 25.0 Å². The molecule has 18 heavy (non-hydrogen) atoms. The quantitative estimate of drug-likeness (QED) is 0.790. The minimum atomic E-state index is -3.56. The molecule has 0 aliphatic rings. The lowest BCUT2D eigenvalue weighted by atomic mass is 10.1. The molecule has 0 saturated heterocycles. The van der Waals surface area contributed by atoms with Gasteiger partial charge in [0, 0.05) is 0 Å². The fraction of sp³-hybridized carbons (Fsp3) is 0.500. The number of hydrogen-bond acceptors (Lipinski definition) is 4. The van der Waals surface area contributed by atoms with Crippen LogP contribution in [0, 0.1) is 13.8 Å². The van der Waals surface area contributed by atoms with Crippen molar-refractivity contribution in [2.24, 2.45) is 5.90 Å². The molecule has 0 spiro atoms. The minimum absolute atomic E-state index is 0.0943. The van der Waals surface area contributed by atoms with E-state index in [0.717, 1.165) is 11.1 Å². The van der Waals surface area contributed by atoms with Gasteiger partial charge in [-0.05, 0) is 51.0 Å². The van der Waals surface area contributed by atoms with Crippen molar-refractivity contribution in [3.63, 3.8) is 0 Å². The van der Waals surface area contributed by atoms with E-state index in [9.17, 15) is 8.42 Å². The summed E-state index contributed by atoms with van der Waals surface area (Å²) < 4.78 is 26.9. The maximum absolute atomic E-state index is 12.2. The van der Waals surface area contributed by atoms with Gasteiger partial charge in [0.05, 0.1) is 17.0 Å². The number of aryl methyl sites for hydroxylation is 2. The minimum Gasteiger partial charge on any atom is -0.303 e. The number of nitrogens with two attached hydrogens (primary N) is 1. The van der Waals surface area contributed by atoms with Crippen LogP contribution in [-0.2, 0) is 14.9 Å². The molecule has 102 valence electrons. The van der Waals surface area contributed by atoms with Crippen LogP contribution < -0.4 is 10.6 Å². The third kappa shape index (κ3) is 3.78. The second-order valence-electron chi connectivity index (χ2n) is 5.05. The van der Waals surface area contributed by atoms with Gasteiger partial charge in [-0.15, -0.1) is 0 Å². The van der Waals surface area contributed by atoms with Gasteiger partial charge in [-0.25, -0.2) is 19.0 Å². The first-order valence-corrected chi connectivity index (χ1v) is 7.09. The molecular formula is C12H20N2O3S. The standard InChI is InChI=1S/C12H20N2O3S/c1-9-5-6-11(7-10(9)2)18(15,16)14-12(3,4)8-17-13/h5-7,14H,8,13H2,1-4H3. The highest BCUT2D eigenvalue weighted by Crippen LogP contribution is 2.17. The molecule has 1 aromatic rings. The molecule has 1 rings (SSSR count). The van der Waals surface area contributed by atoms with E-state index in [-0.39, 0.29) is 11.5 Å². The third-order valence-electron chi connectivity index (χ3n) is 2.64. The first-order chi connectivity index (χ1) is 8.18. The summed E-state index contributed by atoms with van der Waals surface area (Å²) in [5, 5.41) is 0. The van der Waals surface area contributed by atoms with Gasteiger partial charge in [0.15, 0.2) is 0 Å². The molecule has 0 aliphatic carbocycles. The average molecular weight is 272 g/mol. The summed E-state index contributed by atoms with van der Waals surface area (Å²) in [6.45, 7) is 7.32. The molecule has 0 aromatic heterocycles. The molecule has 0 aliphatic heterocycles. The molecular weight excluding hydrogens is 252 g/mol. The third-order valence-corrected chi connectivity index (χ3v) is 4.34. The SMILES string of the molecule is Cc1ccc(S(=O)(=O)NC(C)(C)CON)cc1C. The molecule has 0 atom stereocenters. The molecule has 0 fully saturated rings. The Labute approximate surface area is 108 Å². The van der Waals surface area contributed by atoms with Gasteiger partial charge in [0.2, 0.25) is 10.0 Å². The highest BCUT2D eigenvalue weighted by molar-refractivity contribution is 7.89. The van der Waals surface area contributed by atoms with Crippen LogP contribution in [0.25, 0.3) is 0 Å². The lowest BCUT2D eigenvalue weighted by Crippen LogP contribution is -2.47. The number of rotatable bonds is 5. The Morgan fingerprint density at radius 2 is 1.89 bits per heavy atom. The van der Waals surface area contributed by atoms with Crippen molar-refractivity contribution < 1.29 is 13.3 Å². The van der Waals surface area contributed by atoms with E-state index in [4.69, 9.17) is 5.90 Å². The normalized spacial score (nSPS) is 12.7. The van der Waals surface area contributed by atoms with Crippen LogP contribution in [0.2, 0.25) is 0 Å². The van der Waals surface area contributed by atoms with Crippen LogP contribution in [0.15, 0.2) is 23.1 Å². The van der Waals surface area contributed by atoms with Gasteiger partial charge in [-0.2, -0.15) is 0 Å². The summed E-state index contributed by atoms with van der Waals surface area (Å²) >= 11 is 0. The van der Waals surface area contributed by atoms with Crippen molar-refractivity contribution in [2.75, 3.05) is 6.61 Å². The summed E-state index contributed by atoms with van der Waals surface area (Å²) in [4.78, 5) is 4.75. The van der Waals surface area contributed by atoms with E-state index in [1.54, 1.807) is 32.0 Å². The zero-order valence-corrected chi connectivity index (χ0v) is 12.0. The van der Waals surface area contributed by atoms with Crippen molar-refractivity contribution in [3.05, 3.63) is 29.3 Å². The van der Waals surface area contributed by atoms with Gasteiger partial charge in [-0.3, -0.25) is 0 Å². The Balaban J connectivity index is 3.03. The van der Waals surface area contributed by atoms with Crippen molar-refractivity contribution >= 4 is 10.0 Å². The predicted molar refractivity (Wildman–Crippen MR) is 70.5 cm³/mol. The first-order valence-electron chi connectivity index (χ1n) is 5.61. The monoisotopic (exact) mass is 272 g/mol. The van der Waals surface area contributed by atoms with Crippen LogP contribution in [0.3, 0.4) is 0 Å². The van der Waals surface area contributed by atoms with E-state index in [1.807, 2.05) is 13.8 Å². The van der Waals surface area contributed by atoms with E-state index in [0.29, 0.717) is 0 Å². The zero-order chi connectivity index (χ0) is 14.0. The van der Waals surface area contributed by atoms with Crippen molar-refractivity contribution in [1.29, 1.82) is 0 Å². The number of hydrogen-bond donors (Lipinski definition) is 2. The fourth-order valence-corrected chi connectivity index (χ4v) is 3.02. The molecule has 0 amide bonds. The summed E-state index contributed by atoms with van der Waals surface area (Å²) in [5.41, 5.74) is 1.23. The summed E-state index contributed by atoms with van der Waals surface area (Å²) in [6.07, 6.45) is 0. The molecule has 0 heterocycles. The topological polar surface area (TPSA) is 81.4 Å². The number of nitrogens with one attached hydrogen (secondary N) is 1. The Bertz CT molecular complexity index is 524. The maximum Gasteiger partial charge on any atom is 0.241 e. The smallest absolute Gasteiger partial charge is 0.241 e. The first kappa shape index (κ1) is 15.1. The molecule has 0 unspecified atom stereocenters. The molecule has 6 heteroatoms. The van der Waals surface area contributed by atoms with Crippen molar-refractivity contribution in [2.45, 2.75) is 38.1 Å². The van der Waals surface area contributed by atoms with Gasteiger partial charge >= 0.3 is 0 Å². The second kappa shape index (κ2) is 5.36. The molecule has 0 radical (unpaired) electrons. The largest absolute Gasteiger partial charge is 0.303 e. The highest BCUT2D eigenvalue weighted by Gasteiger charge is 2.26. The van der Waals surface area contributed by atoms with Gasteiger partial charge in [0.1, 0.15) is 0 Å². The molecule has 1 aromatic carbocycles. The zero-order valence-electron chi connectivity index (χ0n) is 11.1. The molecule has 5 nitrogen and oxygen atoms in total. The van der Waals surface area contributed by atoms with Gasteiger partial charge < -0.3 is 4.84 Å². The Kier molecular flexibility index (Phi) is 4.50. The maximum atomic E-state index is 12.2. The average Bonchev–Trinajstić information content (AvgIpc) is 2.20. The summed E-state index contributed by atoms with van der Waals surface area (Å²) in [7, 11) is -3.56. The number of sulfonamides is 1. The van der Waals surface area contributed by atoms with E-state index < -0.39 is 15.6 Å². The van der Waals surface area contributed by atoms with Gasteiger partial charge in [-0.1, -0.05) is 6.07 Å². The Morgan fingerprint density at radius 1 is 1.28 bits per heavy atom. The van der Waals surface area contributed by atoms with E-state index >= 15 is 0 Å². The summed E-state index contributed by atoms with van der Waals surface area (Å²) in [6, 6.07) is 5.03. The van der Waals surface area contributed by atoms with Crippen LogP contribution in [-0.4, -0.2) is 20.6 Å². The summed E-state index contributed by atoms with van der Waals surface area (Å²) in [5.74, 6) is 4.98. The van der Waals surface area contributed by atoms with Crippen LogP contribution in [0.5, 0.6) is 0 Å². The lowest BCUT2D eigenvalue weighted by molar-refractivity contribution is 0.0929. The van der Waals surface area contributed by atoms with Crippen molar-refractivity contribution in [3.8, 4) is 0 Å².